The third kappa shape index (κ3) is 3.24. The van der Waals surface area contributed by atoms with Crippen LogP contribution in [0.25, 0.3) is 5.82 Å². The van der Waals surface area contributed by atoms with E-state index >= 15 is 0 Å². The molecule has 25 heavy (non-hydrogen) atoms. The first kappa shape index (κ1) is 15.4. The summed E-state index contributed by atoms with van der Waals surface area (Å²) >= 11 is 0. The summed E-state index contributed by atoms with van der Waals surface area (Å²) in [4.78, 5) is 16.9. The Kier molecular flexibility index (Phi) is 4.16. The number of aromatic nitrogens is 3. The summed E-state index contributed by atoms with van der Waals surface area (Å²) in [6, 6.07) is 15.1. The fourth-order valence-electron chi connectivity index (χ4n) is 3.02. The second-order valence-corrected chi connectivity index (χ2v) is 5.91. The average Bonchev–Trinajstić information content (AvgIpc) is 3.21. The minimum absolute atomic E-state index is 0.182. The van der Waals surface area contributed by atoms with Gasteiger partial charge < -0.3 is 10.1 Å². The van der Waals surface area contributed by atoms with Gasteiger partial charge in [-0.15, -0.1) is 0 Å². The summed E-state index contributed by atoms with van der Waals surface area (Å²) in [5.74, 6) is 1.60. The largest absolute Gasteiger partial charge is 0.493 e. The van der Waals surface area contributed by atoms with Crippen LogP contribution in [0.3, 0.4) is 0 Å². The Bertz CT molecular complexity index is 877. The van der Waals surface area contributed by atoms with Gasteiger partial charge in [0, 0.05) is 24.9 Å². The minimum atomic E-state index is -0.182. The SMILES string of the molecule is O=C(NC[C@H]1CCOc2ccccc21)c1cccc(-n2cccn2)n1. The lowest BCUT2D eigenvalue weighted by molar-refractivity contribution is 0.0943. The third-order valence-electron chi connectivity index (χ3n) is 4.30. The predicted octanol–water partition coefficient (Wildman–Crippen LogP) is 2.56. The number of benzene rings is 1. The number of hydrogen-bond donors (Lipinski definition) is 1. The normalized spacial score (nSPS) is 15.9. The molecule has 4 rings (SSSR count). The van der Waals surface area contributed by atoms with Gasteiger partial charge >= 0.3 is 0 Å². The zero-order valence-electron chi connectivity index (χ0n) is 13.6. The van der Waals surface area contributed by atoms with Gasteiger partial charge in [0.15, 0.2) is 5.82 Å². The number of rotatable bonds is 4. The summed E-state index contributed by atoms with van der Waals surface area (Å²) in [7, 11) is 0. The highest BCUT2D eigenvalue weighted by atomic mass is 16.5. The molecule has 1 amide bonds. The first-order valence-corrected chi connectivity index (χ1v) is 8.28. The van der Waals surface area contributed by atoms with Crippen molar-refractivity contribution in [2.24, 2.45) is 0 Å². The Morgan fingerprint density at radius 3 is 3.00 bits per heavy atom. The minimum Gasteiger partial charge on any atom is -0.493 e. The number of nitrogens with one attached hydrogen (secondary N) is 1. The Balaban J connectivity index is 1.46. The Hall–Kier alpha value is -3.15. The van der Waals surface area contributed by atoms with Crippen LogP contribution in [0.4, 0.5) is 0 Å². The van der Waals surface area contributed by atoms with Crippen LogP contribution in [0.5, 0.6) is 5.75 Å². The maximum Gasteiger partial charge on any atom is 0.269 e. The standard InChI is InChI=1S/C19H18N4O2/c24-19(16-6-3-8-18(22-16)23-11-4-10-21-23)20-13-14-9-12-25-17-7-2-1-5-15(14)17/h1-8,10-11,14H,9,12-13H2,(H,20,24)/t14-/m1/s1. The van der Waals surface area contributed by atoms with E-state index in [0.29, 0.717) is 24.7 Å². The molecule has 0 bridgehead atoms. The van der Waals surface area contributed by atoms with E-state index in [4.69, 9.17) is 4.74 Å². The van der Waals surface area contributed by atoms with E-state index in [-0.39, 0.29) is 11.8 Å². The molecule has 1 N–H and O–H groups in total. The average molecular weight is 334 g/mol. The second kappa shape index (κ2) is 6.76. The third-order valence-corrected chi connectivity index (χ3v) is 4.30. The first-order chi connectivity index (χ1) is 12.3. The molecule has 1 aliphatic heterocycles. The van der Waals surface area contributed by atoms with E-state index in [9.17, 15) is 4.79 Å². The predicted molar refractivity (Wildman–Crippen MR) is 93.0 cm³/mol. The highest BCUT2D eigenvalue weighted by Crippen LogP contribution is 2.32. The van der Waals surface area contributed by atoms with Gasteiger partial charge in [-0.25, -0.2) is 9.67 Å². The van der Waals surface area contributed by atoms with E-state index < -0.39 is 0 Å². The van der Waals surface area contributed by atoms with Crippen LogP contribution in [-0.4, -0.2) is 33.8 Å². The van der Waals surface area contributed by atoms with Gasteiger partial charge in [-0.3, -0.25) is 4.79 Å². The molecular formula is C19H18N4O2. The number of ether oxygens (including phenoxy) is 1. The van der Waals surface area contributed by atoms with E-state index in [1.54, 1.807) is 23.1 Å². The molecule has 0 unspecified atom stereocenters. The summed E-state index contributed by atoms with van der Waals surface area (Å²) < 4.78 is 7.30. The molecule has 6 nitrogen and oxygen atoms in total. The number of nitrogens with zero attached hydrogens (tertiary/aromatic N) is 3. The van der Waals surface area contributed by atoms with Crippen molar-refractivity contribution < 1.29 is 9.53 Å². The number of amides is 1. The van der Waals surface area contributed by atoms with Gasteiger partial charge in [0.1, 0.15) is 11.4 Å². The van der Waals surface area contributed by atoms with Crippen LogP contribution in [0.15, 0.2) is 60.9 Å². The number of para-hydroxylation sites is 1. The summed E-state index contributed by atoms with van der Waals surface area (Å²) in [5, 5.41) is 7.14. The summed E-state index contributed by atoms with van der Waals surface area (Å²) in [6.07, 6.45) is 4.36. The van der Waals surface area contributed by atoms with Gasteiger partial charge in [0.2, 0.25) is 0 Å². The molecule has 3 heterocycles. The number of carbonyl (C=O) groups excluding carboxylic acids is 1. The molecule has 0 aliphatic carbocycles. The summed E-state index contributed by atoms with van der Waals surface area (Å²) in [6.45, 7) is 1.23. The molecule has 0 spiro atoms. The molecular weight excluding hydrogens is 316 g/mol. The zero-order chi connectivity index (χ0) is 17.1. The molecule has 1 aromatic carbocycles. The van der Waals surface area contributed by atoms with Gasteiger partial charge in [-0.05, 0) is 36.2 Å². The van der Waals surface area contributed by atoms with E-state index in [1.807, 2.05) is 36.4 Å². The number of fused-ring (bicyclic) bond motifs is 1. The highest BCUT2D eigenvalue weighted by molar-refractivity contribution is 5.92. The van der Waals surface area contributed by atoms with Crippen molar-refractivity contribution in [1.29, 1.82) is 0 Å². The Morgan fingerprint density at radius 2 is 2.12 bits per heavy atom. The van der Waals surface area contributed by atoms with E-state index in [0.717, 1.165) is 17.7 Å². The van der Waals surface area contributed by atoms with Crippen LogP contribution < -0.4 is 10.1 Å². The maximum atomic E-state index is 12.5. The van der Waals surface area contributed by atoms with Crippen LogP contribution in [0.1, 0.15) is 28.4 Å². The lowest BCUT2D eigenvalue weighted by atomic mass is 9.93. The van der Waals surface area contributed by atoms with Crippen molar-refractivity contribution in [3.8, 4) is 11.6 Å². The quantitative estimate of drug-likeness (QED) is 0.796. The molecule has 0 saturated heterocycles. The molecule has 6 heteroatoms. The van der Waals surface area contributed by atoms with Crippen LogP contribution in [0.2, 0.25) is 0 Å². The first-order valence-electron chi connectivity index (χ1n) is 8.28. The molecule has 0 fully saturated rings. The molecule has 2 aromatic heterocycles. The van der Waals surface area contributed by atoms with Gasteiger partial charge in [-0.2, -0.15) is 5.10 Å². The lowest BCUT2D eigenvalue weighted by Crippen LogP contribution is -2.31. The van der Waals surface area contributed by atoms with Crippen molar-refractivity contribution in [3.63, 3.8) is 0 Å². The summed E-state index contributed by atoms with van der Waals surface area (Å²) in [5.41, 5.74) is 1.53. The van der Waals surface area contributed by atoms with Gasteiger partial charge in [0.05, 0.1) is 6.61 Å². The molecule has 1 aliphatic rings. The van der Waals surface area contributed by atoms with Crippen molar-refractivity contribution in [3.05, 3.63) is 72.2 Å². The number of carbonyl (C=O) groups is 1. The van der Waals surface area contributed by atoms with Crippen LogP contribution in [-0.2, 0) is 0 Å². The smallest absolute Gasteiger partial charge is 0.269 e. The Morgan fingerprint density at radius 1 is 1.20 bits per heavy atom. The topological polar surface area (TPSA) is 69.0 Å². The van der Waals surface area contributed by atoms with Crippen LogP contribution in [0, 0.1) is 0 Å². The maximum absolute atomic E-state index is 12.5. The zero-order valence-corrected chi connectivity index (χ0v) is 13.6. The van der Waals surface area contributed by atoms with Crippen LogP contribution >= 0.6 is 0 Å². The molecule has 1 atom stereocenters. The number of hydrogen-bond acceptors (Lipinski definition) is 4. The molecule has 3 aromatic rings. The van der Waals surface area contributed by atoms with Gasteiger partial charge in [0.25, 0.3) is 5.91 Å². The van der Waals surface area contributed by atoms with Gasteiger partial charge in [-0.1, -0.05) is 24.3 Å². The lowest BCUT2D eigenvalue weighted by Gasteiger charge is -2.25. The van der Waals surface area contributed by atoms with E-state index in [2.05, 4.69) is 21.5 Å². The second-order valence-electron chi connectivity index (χ2n) is 5.91. The van der Waals surface area contributed by atoms with Crippen molar-refractivity contribution >= 4 is 5.91 Å². The molecule has 0 radical (unpaired) electrons. The Labute approximate surface area is 145 Å². The fourth-order valence-corrected chi connectivity index (χ4v) is 3.02. The molecule has 126 valence electrons. The number of pyridine rings is 1. The van der Waals surface area contributed by atoms with Crippen molar-refractivity contribution in [2.75, 3.05) is 13.2 Å². The van der Waals surface area contributed by atoms with Crippen molar-refractivity contribution in [2.45, 2.75) is 12.3 Å². The monoisotopic (exact) mass is 334 g/mol. The fraction of sp³-hybridized carbons (Fsp3) is 0.211. The highest BCUT2D eigenvalue weighted by Gasteiger charge is 2.22. The van der Waals surface area contributed by atoms with E-state index in [1.165, 1.54) is 0 Å². The molecule has 0 saturated carbocycles. The van der Waals surface area contributed by atoms with Crippen molar-refractivity contribution in [1.82, 2.24) is 20.1 Å².